The highest BCUT2D eigenvalue weighted by Gasteiger charge is 2.36. The summed E-state index contributed by atoms with van der Waals surface area (Å²) in [4.78, 5) is 18.1. The zero-order valence-electron chi connectivity index (χ0n) is 24.3. The van der Waals surface area contributed by atoms with Crippen molar-refractivity contribution in [2.24, 2.45) is 0 Å². The van der Waals surface area contributed by atoms with Gasteiger partial charge in [-0.3, -0.25) is 0 Å². The Morgan fingerprint density at radius 3 is 2.56 bits per heavy atom. The Bertz CT molecular complexity index is 1660. The van der Waals surface area contributed by atoms with Gasteiger partial charge in [-0.25, -0.2) is 9.48 Å². The Morgan fingerprint density at radius 1 is 1.07 bits per heavy atom. The number of benzene rings is 3. The van der Waals surface area contributed by atoms with Crippen LogP contribution in [0.4, 0.5) is 5.95 Å². The van der Waals surface area contributed by atoms with Crippen molar-refractivity contribution in [1.82, 2.24) is 14.8 Å². The summed E-state index contributed by atoms with van der Waals surface area (Å²) in [5.41, 5.74) is 5.05. The first-order chi connectivity index (χ1) is 20.8. The third kappa shape index (κ3) is 7.03. The fourth-order valence-corrected chi connectivity index (χ4v) is 6.41. The van der Waals surface area contributed by atoms with Crippen LogP contribution >= 0.6 is 39.3 Å². The lowest BCUT2D eigenvalue weighted by atomic mass is 9.95. The van der Waals surface area contributed by atoms with Crippen LogP contribution in [0.5, 0.6) is 11.5 Å². The SMILES string of the molecule is CCOC(=O)C1=C(C)Nc2nc(SCc3ccccc3Cl)nn2C1c1cc(Br)c(OCc2ccc(C)cc2)c(OCC)c1. The van der Waals surface area contributed by atoms with Crippen LogP contribution in [0.3, 0.4) is 0 Å². The Kier molecular flexibility index (Phi) is 10.00. The van der Waals surface area contributed by atoms with Gasteiger partial charge in [-0.15, -0.1) is 5.10 Å². The molecule has 1 unspecified atom stereocenters. The van der Waals surface area contributed by atoms with Crippen molar-refractivity contribution in [3.05, 3.63) is 104 Å². The molecular formula is C32H32BrClN4O4S. The predicted octanol–water partition coefficient (Wildman–Crippen LogP) is 8.12. The summed E-state index contributed by atoms with van der Waals surface area (Å²) < 4.78 is 20.2. The Hall–Kier alpha value is -3.47. The zero-order valence-corrected chi connectivity index (χ0v) is 27.5. The average molecular weight is 684 g/mol. The quantitative estimate of drug-likeness (QED) is 0.125. The topological polar surface area (TPSA) is 87.5 Å². The lowest BCUT2D eigenvalue weighted by Crippen LogP contribution is -2.29. The number of rotatable bonds is 11. The highest BCUT2D eigenvalue weighted by molar-refractivity contribution is 9.10. The first-order valence-corrected chi connectivity index (χ1v) is 16.1. The molecule has 4 aromatic rings. The van der Waals surface area contributed by atoms with E-state index in [0.717, 1.165) is 16.7 Å². The summed E-state index contributed by atoms with van der Waals surface area (Å²) >= 11 is 11.5. The van der Waals surface area contributed by atoms with Crippen molar-refractivity contribution in [2.75, 3.05) is 18.5 Å². The number of ether oxygens (including phenoxy) is 3. The normalized spacial score (nSPS) is 14.2. The van der Waals surface area contributed by atoms with Gasteiger partial charge in [0.2, 0.25) is 11.1 Å². The molecule has 8 nitrogen and oxygen atoms in total. The molecule has 1 N–H and O–H groups in total. The molecule has 0 fully saturated rings. The van der Waals surface area contributed by atoms with Crippen LogP contribution in [-0.2, 0) is 21.9 Å². The minimum absolute atomic E-state index is 0.241. The fraction of sp³-hybridized carbons (Fsp3) is 0.281. The van der Waals surface area contributed by atoms with Gasteiger partial charge in [0.15, 0.2) is 11.5 Å². The van der Waals surface area contributed by atoms with Crippen LogP contribution in [0.1, 0.15) is 49.1 Å². The molecule has 0 radical (unpaired) electrons. The summed E-state index contributed by atoms with van der Waals surface area (Å²) in [6.07, 6.45) is 0. The molecule has 11 heteroatoms. The standard InChI is InChI=1S/C32H32BrClN4O4S/c1-5-40-26-16-23(15-24(33)29(26)42-17-21-13-11-19(3)12-14-21)28-27(30(39)41-6-2)20(4)35-31-36-32(37-38(28)31)43-18-22-9-7-8-10-25(22)34/h7-16,28H,5-6,17-18H2,1-4H3,(H,35,36,37). The third-order valence-corrected chi connectivity index (χ3v) is 8.64. The molecule has 0 saturated carbocycles. The van der Waals surface area contributed by atoms with Crippen molar-refractivity contribution >= 4 is 51.2 Å². The van der Waals surface area contributed by atoms with Gasteiger partial charge in [0, 0.05) is 16.5 Å². The zero-order chi connectivity index (χ0) is 30.5. The number of carbonyl (C=O) groups is 1. The number of nitrogens with one attached hydrogen (secondary N) is 1. The number of hydrogen-bond donors (Lipinski definition) is 1. The third-order valence-electron chi connectivity index (χ3n) is 6.79. The first kappa shape index (κ1) is 31.0. The van der Waals surface area contributed by atoms with E-state index in [1.165, 1.54) is 17.3 Å². The van der Waals surface area contributed by atoms with Gasteiger partial charge < -0.3 is 19.5 Å². The Balaban J connectivity index is 1.52. The second kappa shape index (κ2) is 13.9. The van der Waals surface area contributed by atoms with Crippen LogP contribution < -0.4 is 14.8 Å². The first-order valence-electron chi connectivity index (χ1n) is 13.9. The summed E-state index contributed by atoms with van der Waals surface area (Å²) in [6.45, 7) is 8.64. The summed E-state index contributed by atoms with van der Waals surface area (Å²) in [5, 5.41) is 9.31. The number of hydrogen-bond acceptors (Lipinski definition) is 8. The number of nitrogens with zero attached hydrogens (tertiary/aromatic N) is 3. The van der Waals surface area contributed by atoms with E-state index in [4.69, 9.17) is 35.9 Å². The molecule has 3 aromatic carbocycles. The van der Waals surface area contributed by atoms with Crippen LogP contribution in [-0.4, -0.2) is 33.9 Å². The minimum Gasteiger partial charge on any atom is -0.490 e. The van der Waals surface area contributed by atoms with E-state index in [1.54, 1.807) is 11.6 Å². The summed E-state index contributed by atoms with van der Waals surface area (Å²) in [5.74, 6) is 1.81. The van der Waals surface area contributed by atoms with Gasteiger partial charge >= 0.3 is 5.97 Å². The van der Waals surface area contributed by atoms with E-state index in [-0.39, 0.29) is 6.61 Å². The molecule has 43 heavy (non-hydrogen) atoms. The van der Waals surface area contributed by atoms with E-state index in [0.29, 0.717) is 62.3 Å². The van der Waals surface area contributed by atoms with Crippen molar-refractivity contribution < 1.29 is 19.0 Å². The van der Waals surface area contributed by atoms with Crippen LogP contribution in [0, 0.1) is 6.92 Å². The number of fused-ring (bicyclic) bond motifs is 1. The minimum atomic E-state index is -0.626. The van der Waals surface area contributed by atoms with Crippen molar-refractivity contribution in [3.63, 3.8) is 0 Å². The molecular weight excluding hydrogens is 652 g/mol. The van der Waals surface area contributed by atoms with Crippen molar-refractivity contribution in [2.45, 2.75) is 51.3 Å². The smallest absolute Gasteiger partial charge is 0.338 e. The maximum absolute atomic E-state index is 13.3. The second-order valence-corrected chi connectivity index (χ2v) is 12.1. The van der Waals surface area contributed by atoms with Gasteiger partial charge in [0.1, 0.15) is 12.6 Å². The van der Waals surface area contributed by atoms with Crippen molar-refractivity contribution in [3.8, 4) is 11.5 Å². The maximum Gasteiger partial charge on any atom is 0.338 e. The number of aryl methyl sites for hydroxylation is 1. The Labute approximate surface area is 268 Å². The average Bonchev–Trinajstić information content (AvgIpc) is 3.39. The van der Waals surface area contributed by atoms with Crippen molar-refractivity contribution in [1.29, 1.82) is 0 Å². The molecule has 2 heterocycles. The van der Waals surface area contributed by atoms with Gasteiger partial charge in [-0.1, -0.05) is 71.4 Å². The lowest BCUT2D eigenvalue weighted by Gasteiger charge is -2.28. The number of carbonyl (C=O) groups excluding carboxylic acids is 1. The molecule has 0 saturated heterocycles. The number of aromatic nitrogens is 3. The van der Waals surface area contributed by atoms with Gasteiger partial charge in [-0.2, -0.15) is 4.98 Å². The van der Waals surface area contributed by atoms with E-state index in [1.807, 2.05) is 62.4 Å². The second-order valence-electron chi connectivity index (χ2n) is 9.87. The molecule has 0 bridgehead atoms. The molecule has 1 atom stereocenters. The molecule has 0 amide bonds. The molecule has 5 rings (SSSR count). The molecule has 1 aliphatic rings. The monoisotopic (exact) mass is 682 g/mol. The number of thioether (sulfide) groups is 1. The highest BCUT2D eigenvalue weighted by atomic mass is 79.9. The number of halogens is 2. The van der Waals surface area contributed by atoms with Gasteiger partial charge in [0.25, 0.3) is 0 Å². The van der Waals surface area contributed by atoms with Gasteiger partial charge in [0.05, 0.1) is 23.3 Å². The lowest BCUT2D eigenvalue weighted by molar-refractivity contribution is -0.139. The number of allylic oxidation sites excluding steroid dienone is 1. The van der Waals surface area contributed by atoms with Gasteiger partial charge in [-0.05, 0) is 78.5 Å². The molecule has 1 aromatic heterocycles. The predicted molar refractivity (Wildman–Crippen MR) is 173 cm³/mol. The van der Waals surface area contributed by atoms with E-state index < -0.39 is 12.0 Å². The molecule has 224 valence electrons. The highest BCUT2D eigenvalue weighted by Crippen LogP contribution is 2.44. The molecule has 0 aliphatic carbocycles. The molecule has 0 spiro atoms. The maximum atomic E-state index is 13.3. The summed E-state index contributed by atoms with van der Waals surface area (Å²) in [6, 6.07) is 19.1. The Morgan fingerprint density at radius 2 is 1.84 bits per heavy atom. The summed E-state index contributed by atoms with van der Waals surface area (Å²) in [7, 11) is 0. The number of anilines is 1. The van der Waals surface area contributed by atoms with Crippen LogP contribution in [0.15, 0.2) is 81.6 Å². The largest absolute Gasteiger partial charge is 0.490 e. The number of esters is 1. The van der Waals surface area contributed by atoms with Crippen LogP contribution in [0.2, 0.25) is 5.02 Å². The van der Waals surface area contributed by atoms with E-state index in [9.17, 15) is 4.79 Å². The van der Waals surface area contributed by atoms with E-state index >= 15 is 0 Å². The van der Waals surface area contributed by atoms with Crippen LogP contribution in [0.25, 0.3) is 0 Å². The molecule has 1 aliphatic heterocycles. The van der Waals surface area contributed by atoms with E-state index in [2.05, 4.69) is 40.3 Å². The fourth-order valence-electron chi connectivity index (χ4n) is 4.72.